The molecular weight excluding hydrogens is 465 g/mol. The molecule has 3 atom stereocenters. The molecule has 1 aromatic heterocycles. The van der Waals surface area contributed by atoms with Crippen LogP contribution < -0.4 is 9.63 Å². The fraction of sp³-hybridized carbons (Fsp3) is 0.818. The molecule has 0 aliphatic carbocycles. The van der Waals surface area contributed by atoms with E-state index < -0.39 is 14.1 Å². The van der Waals surface area contributed by atoms with Gasteiger partial charge in [-0.25, -0.2) is 0 Å². The Kier molecular flexibility index (Phi) is 12.5. The summed E-state index contributed by atoms with van der Waals surface area (Å²) in [5.74, 6) is 0.563. The molecule has 0 saturated carbocycles. The highest BCUT2D eigenvalue weighted by molar-refractivity contribution is 7.45. The van der Waals surface area contributed by atoms with E-state index in [-0.39, 0.29) is 6.61 Å². The average molecular weight is 506 g/mol. The zero-order chi connectivity index (χ0) is 24.2. The molecule has 0 N–H and O–H groups in total. The third kappa shape index (κ3) is 9.72. The van der Waals surface area contributed by atoms with Crippen molar-refractivity contribution in [3.63, 3.8) is 0 Å². The van der Waals surface area contributed by atoms with Gasteiger partial charge in [0.05, 0.1) is 38.5 Å². The highest BCUT2D eigenvalue weighted by Gasteiger charge is 2.37. The van der Waals surface area contributed by atoms with E-state index in [1.165, 1.54) is 12.8 Å². The lowest BCUT2D eigenvalue weighted by molar-refractivity contribution is -0.944. The Morgan fingerprint density at radius 2 is 1.94 bits per heavy atom. The number of quaternary nitrogens is 1. The molecule has 0 aromatic carbocycles. The number of rotatable bonds is 17. The van der Waals surface area contributed by atoms with Crippen molar-refractivity contribution in [3.8, 4) is 5.88 Å². The van der Waals surface area contributed by atoms with Gasteiger partial charge < -0.3 is 18.9 Å². The number of nitrogens with zero attached hydrogens (tertiary/aromatic N) is 3. The number of unbranched alkanes of at least 4 members (excludes halogenated alkanes) is 3. The number of aromatic nitrogens is 2. The van der Waals surface area contributed by atoms with Gasteiger partial charge in [0.2, 0.25) is 0 Å². The summed E-state index contributed by atoms with van der Waals surface area (Å²) in [6.07, 6.45) is 8.26. The molecular formula is C22H40N3O6PS. The lowest BCUT2D eigenvalue weighted by Gasteiger charge is -2.43. The van der Waals surface area contributed by atoms with E-state index in [9.17, 15) is 9.46 Å². The molecule has 1 aliphatic rings. The predicted molar refractivity (Wildman–Crippen MR) is 128 cm³/mol. The van der Waals surface area contributed by atoms with Crippen molar-refractivity contribution in [1.82, 2.24) is 8.75 Å². The first-order valence-corrected chi connectivity index (χ1v) is 14.2. The lowest BCUT2D eigenvalue weighted by atomic mass is 10.0. The van der Waals surface area contributed by atoms with Crippen molar-refractivity contribution in [2.45, 2.75) is 71.9 Å². The van der Waals surface area contributed by atoms with Gasteiger partial charge in [0.1, 0.15) is 12.2 Å². The monoisotopic (exact) mass is 505 g/mol. The van der Waals surface area contributed by atoms with Crippen LogP contribution in [-0.2, 0) is 18.3 Å². The first kappa shape index (κ1) is 28.4. The van der Waals surface area contributed by atoms with E-state index in [0.29, 0.717) is 43.1 Å². The minimum Gasteiger partial charge on any atom is -0.756 e. The van der Waals surface area contributed by atoms with Gasteiger partial charge in [-0.3, -0.25) is 13.6 Å². The molecule has 190 valence electrons. The predicted octanol–water partition coefficient (Wildman–Crippen LogP) is 4.40. The normalized spacial score (nSPS) is 21.4. The van der Waals surface area contributed by atoms with Crippen LogP contribution in [0.1, 0.15) is 71.4 Å². The van der Waals surface area contributed by atoms with Crippen LogP contribution in [0.5, 0.6) is 5.88 Å². The van der Waals surface area contributed by atoms with Crippen LogP contribution in [0.3, 0.4) is 0 Å². The Labute approximate surface area is 202 Å². The maximum atomic E-state index is 12.3. The van der Waals surface area contributed by atoms with E-state index in [4.69, 9.17) is 18.5 Å². The van der Waals surface area contributed by atoms with E-state index in [0.717, 1.165) is 55.2 Å². The number of hydrogen-bond donors (Lipinski definition) is 0. The van der Waals surface area contributed by atoms with E-state index in [1.54, 1.807) is 6.92 Å². The number of phosphoric ester groups is 1. The fourth-order valence-corrected chi connectivity index (χ4v) is 5.18. The second-order valence-corrected chi connectivity index (χ2v) is 10.5. The Hall–Kier alpha value is -0.870. The van der Waals surface area contributed by atoms with Crippen LogP contribution in [0, 0.1) is 0 Å². The molecule has 2 rings (SSSR count). The molecule has 1 aromatic rings. The van der Waals surface area contributed by atoms with Gasteiger partial charge in [-0.2, -0.15) is 4.37 Å². The van der Waals surface area contributed by atoms with Crippen molar-refractivity contribution in [3.05, 3.63) is 11.8 Å². The van der Waals surface area contributed by atoms with Gasteiger partial charge in [0.25, 0.3) is 13.7 Å². The van der Waals surface area contributed by atoms with Crippen molar-refractivity contribution >= 4 is 25.1 Å². The zero-order valence-corrected chi connectivity index (χ0v) is 22.2. The van der Waals surface area contributed by atoms with Crippen LogP contribution in [0.2, 0.25) is 0 Å². The highest BCUT2D eigenvalue weighted by atomic mass is 32.1. The molecule has 0 fully saturated rings. The molecule has 2 heterocycles. The summed E-state index contributed by atoms with van der Waals surface area (Å²) in [7, 11) is -2.43. The van der Waals surface area contributed by atoms with Crippen LogP contribution in [0.4, 0.5) is 0 Å². The summed E-state index contributed by atoms with van der Waals surface area (Å²) < 4.78 is 43.2. The van der Waals surface area contributed by atoms with E-state index >= 15 is 0 Å². The third-order valence-corrected chi connectivity index (χ3v) is 7.33. The van der Waals surface area contributed by atoms with Crippen molar-refractivity contribution in [2.75, 3.05) is 46.6 Å². The summed E-state index contributed by atoms with van der Waals surface area (Å²) in [6.45, 7) is 9.10. The van der Waals surface area contributed by atoms with Crippen molar-refractivity contribution in [1.29, 1.82) is 0 Å². The lowest BCUT2D eigenvalue weighted by Crippen LogP contribution is -2.54. The van der Waals surface area contributed by atoms with Crippen molar-refractivity contribution in [2.24, 2.45) is 0 Å². The maximum absolute atomic E-state index is 12.3. The number of likely N-dealkylation sites (N-methyl/N-ethyl adjacent to an activating group) is 1. The second-order valence-electron chi connectivity index (χ2n) is 8.66. The zero-order valence-electron chi connectivity index (χ0n) is 20.5. The minimum absolute atomic E-state index is 0.0511. The molecule has 0 saturated heterocycles. The Morgan fingerprint density at radius 3 is 2.70 bits per heavy atom. The molecule has 9 nitrogen and oxygen atoms in total. The molecule has 1 aliphatic heterocycles. The Balaban J connectivity index is 1.89. The second kappa shape index (κ2) is 14.5. The molecule has 0 amide bonds. The maximum Gasteiger partial charge on any atom is 0.272 e. The van der Waals surface area contributed by atoms with Crippen LogP contribution in [0.25, 0.3) is 5.57 Å². The number of phosphoric acid groups is 1. The van der Waals surface area contributed by atoms with Gasteiger partial charge in [0, 0.05) is 32.1 Å². The quantitative estimate of drug-likeness (QED) is 0.174. The molecule has 33 heavy (non-hydrogen) atoms. The van der Waals surface area contributed by atoms with Gasteiger partial charge in [-0.05, 0) is 19.3 Å². The highest BCUT2D eigenvalue weighted by Crippen LogP contribution is 2.42. The van der Waals surface area contributed by atoms with E-state index in [1.807, 2.05) is 14.0 Å². The summed E-state index contributed by atoms with van der Waals surface area (Å²) in [5, 5.41) is 0. The van der Waals surface area contributed by atoms with Gasteiger partial charge in [-0.15, -0.1) is 4.37 Å². The topological polar surface area (TPSA) is 103 Å². The average Bonchev–Trinajstić information content (AvgIpc) is 3.24. The first-order valence-electron chi connectivity index (χ1n) is 12.0. The van der Waals surface area contributed by atoms with Gasteiger partial charge in [0.15, 0.2) is 6.23 Å². The molecule has 11 heteroatoms. The van der Waals surface area contributed by atoms with Gasteiger partial charge in [-0.1, -0.05) is 39.2 Å². The van der Waals surface area contributed by atoms with Crippen LogP contribution in [0.15, 0.2) is 6.08 Å². The molecule has 0 spiro atoms. The largest absolute Gasteiger partial charge is 0.756 e. The SMILES string of the molecule is CCCCCCOc1nsnc1C1=CCC[N+](C)(C(C)OP(=O)([O-])OCCCOCCC)C1. The summed E-state index contributed by atoms with van der Waals surface area (Å²) in [4.78, 5) is 12.3. The smallest absolute Gasteiger partial charge is 0.272 e. The van der Waals surface area contributed by atoms with Crippen LogP contribution >= 0.6 is 19.6 Å². The van der Waals surface area contributed by atoms with Crippen LogP contribution in [-0.4, -0.2) is 66.0 Å². The minimum atomic E-state index is -4.42. The molecule has 0 radical (unpaired) electrons. The van der Waals surface area contributed by atoms with E-state index in [2.05, 4.69) is 21.7 Å². The first-order chi connectivity index (χ1) is 15.8. The molecule has 0 bridgehead atoms. The summed E-state index contributed by atoms with van der Waals surface area (Å²) >= 11 is 1.13. The fourth-order valence-electron chi connectivity index (χ4n) is 3.63. The Bertz CT molecular complexity index is 777. The van der Waals surface area contributed by atoms with Gasteiger partial charge >= 0.3 is 0 Å². The standard InChI is InChI=1S/C22H40N3O6PS/c1-5-7-8-9-16-29-22-21(23-33-24-22)20-12-10-13-25(4,18-20)19(3)31-32(26,27)30-17-11-15-28-14-6-2/h12,19H,5-11,13-18H2,1-4H3. The summed E-state index contributed by atoms with van der Waals surface area (Å²) in [6, 6.07) is 0. The molecule has 3 unspecified atom stereocenters. The Morgan fingerprint density at radius 1 is 1.12 bits per heavy atom. The van der Waals surface area contributed by atoms with Crippen molar-refractivity contribution < 1.29 is 32.5 Å². The number of ether oxygens (including phenoxy) is 2. The third-order valence-electron chi connectivity index (χ3n) is 5.75. The summed E-state index contributed by atoms with van der Waals surface area (Å²) in [5.41, 5.74) is 1.76. The number of hydrogen-bond acceptors (Lipinski definition) is 9.